The van der Waals surface area contributed by atoms with Gasteiger partial charge in [-0.3, -0.25) is 4.79 Å². The molecular weight excluding hydrogens is 336 g/mol. The number of anilines is 1. The normalized spacial score (nSPS) is 10.3. The first-order valence-corrected chi connectivity index (χ1v) is 8.66. The van der Waals surface area contributed by atoms with Crippen molar-refractivity contribution in [3.8, 4) is 11.5 Å². The van der Waals surface area contributed by atoms with Crippen LogP contribution < -0.4 is 14.8 Å². The van der Waals surface area contributed by atoms with Crippen LogP contribution in [0.4, 0.5) is 5.69 Å². The van der Waals surface area contributed by atoms with Crippen molar-refractivity contribution in [2.45, 2.75) is 13.0 Å². The van der Waals surface area contributed by atoms with Gasteiger partial charge in [-0.25, -0.2) is 4.98 Å². The van der Waals surface area contributed by atoms with Crippen LogP contribution in [0.3, 0.4) is 0 Å². The number of ether oxygens (including phenoxy) is 2. The van der Waals surface area contributed by atoms with Crippen LogP contribution in [0.25, 0.3) is 0 Å². The summed E-state index contributed by atoms with van der Waals surface area (Å²) in [5, 5.41) is 5.58. The van der Waals surface area contributed by atoms with E-state index in [1.165, 1.54) is 11.3 Å². The van der Waals surface area contributed by atoms with Gasteiger partial charge in [0.2, 0.25) is 5.91 Å². The lowest BCUT2D eigenvalue weighted by atomic mass is 10.2. The maximum atomic E-state index is 12.1. The summed E-state index contributed by atoms with van der Waals surface area (Å²) in [5.41, 5.74) is 1.47. The molecule has 0 saturated carbocycles. The number of methoxy groups -OCH3 is 1. The highest BCUT2D eigenvalue weighted by atomic mass is 32.1. The molecule has 2 aromatic carbocycles. The molecule has 3 aromatic rings. The van der Waals surface area contributed by atoms with Gasteiger partial charge in [-0.1, -0.05) is 18.2 Å². The average Bonchev–Trinajstić information content (AvgIpc) is 3.08. The minimum atomic E-state index is -0.106. The van der Waals surface area contributed by atoms with Crippen molar-refractivity contribution in [2.24, 2.45) is 0 Å². The van der Waals surface area contributed by atoms with Crippen LogP contribution in [0.15, 0.2) is 60.0 Å². The van der Waals surface area contributed by atoms with Gasteiger partial charge in [-0.05, 0) is 36.4 Å². The number of hydrogen-bond donors (Lipinski definition) is 1. The molecular formula is C19H18N2O3S. The summed E-state index contributed by atoms with van der Waals surface area (Å²) in [6.07, 6.45) is 0.230. The molecule has 0 aliphatic heterocycles. The predicted octanol–water partition coefficient (Wildman–Crippen LogP) is 3.91. The molecule has 0 unspecified atom stereocenters. The van der Waals surface area contributed by atoms with Gasteiger partial charge >= 0.3 is 0 Å². The van der Waals surface area contributed by atoms with E-state index >= 15 is 0 Å². The Kier molecular flexibility index (Phi) is 5.64. The maximum absolute atomic E-state index is 12.1. The number of nitrogens with zero attached hydrogens (tertiary/aromatic N) is 1. The van der Waals surface area contributed by atoms with Crippen molar-refractivity contribution in [1.29, 1.82) is 0 Å². The van der Waals surface area contributed by atoms with Gasteiger partial charge in [0.15, 0.2) is 0 Å². The molecule has 0 fully saturated rings. The lowest BCUT2D eigenvalue weighted by Gasteiger charge is -2.05. The summed E-state index contributed by atoms with van der Waals surface area (Å²) in [6.45, 7) is 0.398. The Bertz CT molecular complexity index is 816. The second kappa shape index (κ2) is 8.30. The molecule has 0 radical (unpaired) electrons. The van der Waals surface area contributed by atoms with E-state index in [9.17, 15) is 4.79 Å². The highest BCUT2D eigenvalue weighted by Gasteiger charge is 2.09. The summed E-state index contributed by atoms with van der Waals surface area (Å²) in [7, 11) is 1.61. The van der Waals surface area contributed by atoms with Crippen LogP contribution in [0.2, 0.25) is 0 Å². The Morgan fingerprint density at radius 2 is 1.84 bits per heavy atom. The van der Waals surface area contributed by atoms with Crippen molar-refractivity contribution in [2.75, 3.05) is 12.4 Å². The molecule has 0 atom stereocenters. The number of hydrogen-bond acceptors (Lipinski definition) is 5. The van der Waals surface area contributed by atoms with Crippen LogP contribution >= 0.6 is 11.3 Å². The van der Waals surface area contributed by atoms with Gasteiger partial charge in [-0.15, -0.1) is 11.3 Å². The minimum Gasteiger partial charge on any atom is -0.497 e. The fourth-order valence-corrected chi connectivity index (χ4v) is 2.91. The van der Waals surface area contributed by atoms with Crippen molar-refractivity contribution in [3.05, 3.63) is 70.7 Å². The molecule has 128 valence electrons. The van der Waals surface area contributed by atoms with Crippen LogP contribution in [0, 0.1) is 0 Å². The van der Waals surface area contributed by atoms with E-state index < -0.39 is 0 Å². The summed E-state index contributed by atoms with van der Waals surface area (Å²) in [5.74, 6) is 1.45. The molecule has 25 heavy (non-hydrogen) atoms. The van der Waals surface area contributed by atoms with Crippen molar-refractivity contribution >= 4 is 22.9 Å². The molecule has 6 heteroatoms. The number of nitrogens with one attached hydrogen (secondary N) is 1. The zero-order valence-corrected chi connectivity index (χ0v) is 14.6. The third-order valence-corrected chi connectivity index (χ3v) is 4.29. The number of carbonyl (C=O) groups is 1. The summed E-state index contributed by atoms with van der Waals surface area (Å²) in [4.78, 5) is 16.6. The zero-order valence-electron chi connectivity index (χ0n) is 13.8. The smallest absolute Gasteiger partial charge is 0.230 e. The number of amides is 1. The predicted molar refractivity (Wildman–Crippen MR) is 98.2 cm³/mol. The number of para-hydroxylation sites is 1. The van der Waals surface area contributed by atoms with Crippen molar-refractivity contribution in [1.82, 2.24) is 4.98 Å². The number of carbonyl (C=O) groups excluding carboxylic acids is 1. The molecule has 0 aliphatic rings. The van der Waals surface area contributed by atoms with E-state index in [4.69, 9.17) is 9.47 Å². The molecule has 1 aromatic heterocycles. The SMILES string of the molecule is COc1ccc(NC(=O)Cc2csc(COc3ccccc3)n2)cc1. The van der Waals surface area contributed by atoms with E-state index in [1.807, 2.05) is 35.7 Å². The summed E-state index contributed by atoms with van der Waals surface area (Å²) >= 11 is 1.49. The third-order valence-electron chi connectivity index (χ3n) is 3.42. The Morgan fingerprint density at radius 3 is 2.56 bits per heavy atom. The van der Waals surface area contributed by atoms with Crippen LogP contribution in [-0.4, -0.2) is 18.0 Å². The topological polar surface area (TPSA) is 60.5 Å². The number of thiazole rings is 1. The van der Waals surface area contributed by atoms with Gasteiger partial charge in [0, 0.05) is 11.1 Å². The minimum absolute atomic E-state index is 0.106. The number of benzene rings is 2. The van der Waals surface area contributed by atoms with Gasteiger partial charge in [-0.2, -0.15) is 0 Å². The van der Waals surface area contributed by atoms with Crippen LogP contribution in [-0.2, 0) is 17.8 Å². The molecule has 1 N–H and O–H groups in total. The zero-order chi connectivity index (χ0) is 17.5. The quantitative estimate of drug-likeness (QED) is 0.699. The average molecular weight is 354 g/mol. The van der Waals surface area contributed by atoms with E-state index in [1.54, 1.807) is 31.4 Å². The fraction of sp³-hybridized carbons (Fsp3) is 0.158. The van der Waals surface area contributed by atoms with Crippen molar-refractivity contribution in [3.63, 3.8) is 0 Å². The van der Waals surface area contributed by atoms with Gasteiger partial charge in [0.25, 0.3) is 0 Å². The second-order valence-electron chi connectivity index (χ2n) is 5.29. The van der Waals surface area contributed by atoms with Crippen LogP contribution in [0.5, 0.6) is 11.5 Å². The van der Waals surface area contributed by atoms with Crippen LogP contribution in [0.1, 0.15) is 10.7 Å². The molecule has 0 aliphatic carbocycles. The van der Waals surface area contributed by atoms with E-state index in [0.717, 1.165) is 27.9 Å². The van der Waals surface area contributed by atoms with Crippen molar-refractivity contribution < 1.29 is 14.3 Å². The van der Waals surface area contributed by atoms with E-state index in [2.05, 4.69) is 10.3 Å². The first-order chi connectivity index (χ1) is 12.2. The van der Waals surface area contributed by atoms with Gasteiger partial charge < -0.3 is 14.8 Å². The molecule has 1 amide bonds. The standard InChI is InChI=1S/C19H18N2O3S/c1-23-16-9-7-14(8-10-16)20-18(22)11-15-13-25-19(21-15)12-24-17-5-3-2-4-6-17/h2-10,13H,11-12H2,1H3,(H,20,22). The monoisotopic (exact) mass is 354 g/mol. The molecule has 3 rings (SSSR count). The van der Waals surface area contributed by atoms with E-state index in [0.29, 0.717) is 6.61 Å². The Morgan fingerprint density at radius 1 is 1.08 bits per heavy atom. The molecule has 5 nitrogen and oxygen atoms in total. The van der Waals surface area contributed by atoms with E-state index in [-0.39, 0.29) is 12.3 Å². The van der Waals surface area contributed by atoms with Gasteiger partial charge in [0.05, 0.1) is 19.2 Å². The Balaban J connectivity index is 1.50. The Labute approximate surface area is 150 Å². The largest absolute Gasteiger partial charge is 0.497 e. The fourth-order valence-electron chi connectivity index (χ4n) is 2.20. The first kappa shape index (κ1) is 17.0. The number of aromatic nitrogens is 1. The highest BCUT2D eigenvalue weighted by Crippen LogP contribution is 2.17. The summed E-state index contributed by atoms with van der Waals surface area (Å²) < 4.78 is 10.8. The third kappa shape index (κ3) is 5.06. The maximum Gasteiger partial charge on any atom is 0.230 e. The molecule has 0 bridgehead atoms. The lowest BCUT2D eigenvalue weighted by molar-refractivity contribution is -0.115. The molecule has 0 saturated heterocycles. The molecule has 1 heterocycles. The lowest BCUT2D eigenvalue weighted by Crippen LogP contribution is -2.14. The Hall–Kier alpha value is -2.86. The number of rotatable bonds is 7. The van der Waals surface area contributed by atoms with Gasteiger partial charge in [0.1, 0.15) is 23.1 Å². The molecule has 0 spiro atoms. The first-order valence-electron chi connectivity index (χ1n) is 7.78. The summed E-state index contributed by atoms with van der Waals surface area (Å²) in [6, 6.07) is 16.8. The highest BCUT2D eigenvalue weighted by molar-refractivity contribution is 7.09. The second-order valence-corrected chi connectivity index (χ2v) is 6.23.